The van der Waals surface area contributed by atoms with E-state index < -0.39 is 11.9 Å². The number of rotatable bonds is 6. The SMILES string of the molecule is COC(=O)CN(Cc1ccccc1C)C(=O)CN1C(=O)C2C3C=CC(C3)C2C1=O. The summed E-state index contributed by atoms with van der Waals surface area (Å²) in [7, 11) is 1.26. The summed E-state index contributed by atoms with van der Waals surface area (Å²) in [6, 6.07) is 7.56. The van der Waals surface area contributed by atoms with Crippen LogP contribution in [-0.4, -0.2) is 53.7 Å². The number of benzene rings is 1. The molecule has 2 bridgehead atoms. The van der Waals surface area contributed by atoms with Crippen LogP contribution in [0.3, 0.4) is 0 Å². The highest BCUT2D eigenvalue weighted by Gasteiger charge is 2.59. The molecule has 7 heteroatoms. The van der Waals surface area contributed by atoms with Crippen molar-refractivity contribution in [3.05, 3.63) is 47.5 Å². The highest BCUT2D eigenvalue weighted by atomic mass is 16.5. The molecule has 0 aromatic heterocycles. The van der Waals surface area contributed by atoms with Gasteiger partial charge in [-0.15, -0.1) is 0 Å². The number of esters is 1. The average Bonchev–Trinajstić information content (AvgIpc) is 3.39. The van der Waals surface area contributed by atoms with Crippen LogP contribution in [0.2, 0.25) is 0 Å². The average molecular weight is 396 g/mol. The van der Waals surface area contributed by atoms with Crippen molar-refractivity contribution in [2.45, 2.75) is 19.9 Å². The first-order chi connectivity index (χ1) is 13.9. The molecule has 2 aliphatic carbocycles. The van der Waals surface area contributed by atoms with E-state index in [0.29, 0.717) is 0 Å². The number of amides is 3. The lowest BCUT2D eigenvalue weighted by molar-refractivity contribution is -0.150. The summed E-state index contributed by atoms with van der Waals surface area (Å²) < 4.78 is 4.72. The predicted molar refractivity (Wildman–Crippen MR) is 103 cm³/mol. The zero-order valence-corrected chi connectivity index (χ0v) is 16.5. The molecule has 1 saturated carbocycles. The Hall–Kier alpha value is -2.96. The van der Waals surface area contributed by atoms with E-state index in [0.717, 1.165) is 22.4 Å². The third kappa shape index (κ3) is 3.34. The van der Waals surface area contributed by atoms with Crippen LogP contribution in [0, 0.1) is 30.6 Å². The highest BCUT2D eigenvalue weighted by molar-refractivity contribution is 6.08. The van der Waals surface area contributed by atoms with Gasteiger partial charge in [0.15, 0.2) is 0 Å². The standard InChI is InChI=1S/C22H24N2O5/c1-13-5-3-4-6-16(13)10-23(12-18(26)29-2)17(25)11-24-21(27)19-14-7-8-15(9-14)20(19)22(24)28/h3-8,14-15,19-20H,9-12H2,1-2H3. The molecule has 152 valence electrons. The van der Waals surface area contributed by atoms with Gasteiger partial charge in [-0.3, -0.25) is 24.1 Å². The van der Waals surface area contributed by atoms with E-state index in [9.17, 15) is 19.2 Å². The summed E-state index contributed by atoms with van der Waals surface area (Å²) >= 11 is 0. The van der Waals surface area contributed by atoms with Crippen LogP contribution in [-0.2, 0) is 30.5 Å². The van der Waals surface area contributed by atoms with Crippen molar-refractivity contribution < 1.29 is 23.9 Å². The maximum atomic E-state index is 13.0. The first kappa shape index (κ1) is 19.4. The van der Waals surface area contributed by atoms with E-state index in [4.69, 9.17) is 4.74 Å². The number of hydrogen-bond acceptors (Lipinski definition) is 5. The summed E-state index contributed by atoms with van der Waals surface area (Å²) in [5.41, 5.74) is 1.88. The Morgan fingerprint density at radius 2 is 1.72 bits per heavy atom. The third-order valence-electron chi connectivity index (χ3n) is 6.38. The summed E-state index contributed by atoms with van der Waals surface area (Å²) in [5.74, 6) is -2.00. The van der Waals surface area contributed by atoms with Crippen LogP contribution in [0.4, 0.5) is 0 Å². The van der Waals surface area contributed by atoms with Gasteiger partial charge in [0.05, 0.1) is 18.9 Å². The largest absolute Gasteiger partial charge is 0.468 e. The molecule has 1 heterocycles. The Morgan fingerprint density at radius 3 is 2.31 bits per heavy atom. The van der Waals surface area contributed by atoms with Crippen LogP contribution in [0.1, 0.15) is 17.5 Å². The minimum Gasteiger partial charge on any atom is -0.468 e. The number of allylic oxidation sites excluding steroid dienone is 2. The summed E-state index contributed by atoms with van der Waals surface area (Å²) in [6.45, 7) is 1.55. The van der Waals surface area contributed by atoms with Crippen molar-refractivity contribution in [2.24, 2.45) is 23.7 Å². The van der Waals surface area contributed by atoms with Gasteiger partial charge in [0.1, 0.15) is 13.1 Å². The lowest BCUT2D eigenvalue weighted by Gasteiger charge is -2.25. The van der Waals surface area contributed by atoms with Gasteiger partial charge < -0.3 is 9.64 Å². The second kappa shape index (κ2) is 7.46. The lowest BCUT2D eigenvalue weighted by Crippen LogP contribution is -2.45. The first-order valence-corrected chi connectivity index (χ1v) is 9.83. The summed E-state index contributed by atoms with van der Waals surface area (Å²) in [5, 5.41) is 0. The van der Waals surface area contributed by atoms with E-state index in [2.05, 4.69) is 0 Å². The van der Waals surface area contributed by atoms with E-state index in [1.807, 2.05) is 43.3 Å². The normalized spacial score (nSPS) is 26.8. The van der Waals surface area contributed by atoms with Gasteiger partial charge in [0.2, 0.25) is 17.7 Å². The smallest absolute Gasteiger partial charge is 0.325 e. The third-order valence-corrected chi connectivity index (χ3v) is 6.38. The van der Waals surface area contributed by atoms with Crippen molar-refractivity contribution in [3.8, 4) is 0 Å². The van der Waals surface area contributed by atoms with Crippen molar-refractivity contribution in [1.82, 2.24) is 9.80 Å². The van der Waals surface area contributed by atoms with Crippen LogP contribution in [0.15, 0.2) is 36.4 Å². The molecule has 1 aromatic rings. The fraction of sp³-hybridized carbons (Fsp3) is 0.455. The molecule has 4 rings (SSSR count). The molecule has 4 atom stereocenters. The van der Waals surface area contributed by atoms with Crippen molar-refractivity contribution in [1.29, 1.82) is 0 Å². The second-order valence-corrected chi connectivity index (χ2v) is 8.01. The molecule has 1 aliphatic heterocycles. The maximum Gasteiger partial charge on any atom is 0.325 e. The summed E-state index contributed by atoms with van der Waals surface area (Å²) in [4.78, 5) is 53.0. The van der Waals surface area contributed by atoms with Gasteiger partial charge in [-0.2, -0.15) is 0 Å². The van der Waals surface area contributed by atoms with Gasteiger partial charge in [0.25, 0.3) is 0 Å². The number of hydrogen-bond donors (Lipinski definition) is 0. The molecule has 0 N–H and O–H groups in total. The molecule has 4 unspecified atom stereocenters. The Kier molecular flexibility index (Phi) is 4.98. The van der Waals surface area contributed by atoms with Crippen molar-refractivity contribution in [2.75, 3.05) is 20.2 Å². The van der Waals surface area contributed by atoms with Gasteiger partial charge in [-0.1, -0.05) is 36.4 Å². The van der Waals surface area contributed by atoms with E-state index in [1.54, 1.807) is 0 Å². The lowest BCUT2D eigenvalue weighted by atomic mass is 9.85. The quantitative estimate of drug-likeness (QED) is 0.411. The molecule has 7 nitrogen and oxygen atoms in total. The zero-order chi connectivity index (χ0) is 20.7. The number of carbonyl (C=O) groups is 4. The van der Waals surface area contributed by atoms with E-state index in [1.165, 1.54) is 12.0 Å². The molecule has 0 radical (unpaired) electrons. The molecule has 1 aromatic carbocycles. The first-order valence-electron chi connectivity index (χ1n) is 9.83. The fourth-order valence-corrected chi connectivity index (χ4v) is 4.80. The van der Waals surface area contributed by atoms with Crippen LogP contribution < -0.4 is 0 Å². The van der Waals surface area contributed by atoms with Gasteiger partial charge in [-0.25, -0.2) is 0 Å². The minimum absolute atomic E-state index is 0.0969. The predicted octanol–water partition coefficient (Wildman–Crippen LogP) is 1.30. The van der Waals surface area contributed by atoms with Gasteiger partial charge >= 0.3 is 5.97 Å². The Morgan fingerprint density at radius 1 is 1.10 bits per heavy atom. The molecule has 3 aliphatic rings. The number of ether oxygens (including phenoxy) is 1. The zero-order valence-electron chi connectivity index (χ0n) is 16.5. The molecule has 1 saturated heterocycles. The number of likely N-dealkylation sites (tertiary alicyclic amines) is 1. The molecule has 0 spiro atoms. The van der Waals surface area contributed by atoms with Gasteiger partial charge in [-0.05, 0) is 36.3 Å². The highest BCUT2D eigenvalue weighted by Crippen LogP contribution is 2.52. The number of nitrogens with zero attached hydrogens (tertiary/aromatic N) is 2. The molecule has 3 amide bonds. The number of aryl methyl sites for hydroxylation is 1. The topological polar surface area (TPSA) is 84.0 Å². The number of fused-ring (bicyclic) bond motifs is 5. The molecular formula is C22H24N2O5. The summed E-state index contributed by atoms with van der Waals surface area (Å²) in [6.07, 6.45) is 4.88. The van der Waals surface area contributed by atoms with Crippen molar-refractivity contribution in [3.63, 3.8) is 0 Å². The van der Waals surface area contributed by atoms with E-state index in [-0.39, 0.29) is 55.1 Å². The Bertz CT molecular complexity index is 878. The maximum absolute atomic E-state index is 13.0. The second-order valence-electron chi connectivity index (χ2n) is 8.01. The number of methoxy groups -OCH3 is 1. The van der Waals surface area contributed by atoms with Crippen molar-refractivity contribution >= 4 is 23.7 Å². The molecule has 2 fully saturated rings. The van der Waals surface area contributed by atoms with Crippen LogP contribution in [0.25, 0.3) is 0 Å². The fourth-order valence-electron chi connectivity index (χ4n) is 4.80. The Labute approximate surface area is 169 Å². The van der Waals surface area contributed by atoms with Gasteiger partial charge in [0, 0.05) is 6.54 Å². The van der Waals surface area contributed by atoms with Crippen LogP contribution in [0.5, 0.6) is 0 Å². The number of carbonyl (C=O) groups excluding carboxylic acids is 4. The monoisotopic (exact) mass is 396 g/mol. The molecular weight excluding hydrogens is 372 g/mol. The molecule has 29 heavy (non-hydrogen) atoms. The van der Waals surface area contributed by atoms with E-state index >= 15 is 0 Å². The minimum atomic E-state index is -0.551. The van der Waals surface area contributed by atoms with Crippen LogP contribution >= 0.6 is 0 Å². The number of imide groups is 1. The Balaban J connectivity index is 1.51.